The molecule has 0 bridgehead atoms. The Hall–Kier alpha value is -5.76. The molecule has 2 aliphatic heterocycles. The molecule has 3 aromatic rings. The molecule has 2 aliphatic rings. The molecular formula is C30H26N2O16S. The lowest BCUT2D eigenvalue weighted by molar-refractivity contribution is -0.148. The molecule has 0 amide bonds. The van der Waals surface area contributed by atoms with Gasteiger partial charge in [0.15, 0.2) is 29.5 Å². The molecule has 0 aromatic heterocycles. The summed E-state index contributed by atoms with van der Waals surface area (Å²) in [6, 6.07) is 11.4. The Morgan fingerprint density at radius 1 is 0.857 bits per heavy atom. The molecular weight excluding hydrogens is 676 g/mol. The summed E-state index contributed by atoms with van der Waals surface area (Å²) in [4.78, 5) is 35.3. The van der Waals surface area contributed by atoms with Crippen LogP contribution >= 0.6 is 0 Å². The maximum absolute atomic E-state index is 13.0. The van der Waals surface area contributed by atoms with Gasteiger partial charge in [-0.1, -0.05) is 30.3 Å². The Labute approximate surface area is 275 Å². The number of aryl methyl sites for hydroxylation is 1. The second-order valence-corrected chi connectivity index (χ2v) is 12.2. The quantitative estimate of drug-likeness (QED) is 0.0653. The Morgan fingerprint density at radius 2 is 1.45 bits per heavy atom. The largest absolute Gasteiger partial charge is 0.505 e. The van der Waals surface area contributed by atoms with Gasteiger partial charge in [-0.05, 0) is 36.1 Å². The number of ether oxygens (including phenoxy) is 3. The van der Waals surface area contributed by atoms with E-state index in [4.69, 9.17) is 8.92 Å². The minimum atomic E-state index is -4.61. The standard InChI is InChI=1S/C30H26N2O16S/c1-12-6-7-14(9-19(12)49(43,44)46-11-18(34)27-23(37)25(39)30(42)48-27)31-32-20-15-5-3-2-4-13(15)8-16(21(20)35)28(40)45-10-17(33)26-22(36)24(38)29(41)47-26/h2-9,17-18,26-27,33-39H,10-11H2,1H3/b32-31+. The number of aliphatic hydroxyl groups is 6. The van der Waals surface area contributed by atoms with E-state index in [9.17, 15) is 58.5 Å². The van der Waals surface area contributed by atoms with Crippen LogP contribution in [0.4, 0.5) is 11.4 Å². The summed E-state index contributed by atoms with van der Waals surface area (Å²) in [5, 5.41) is 78.6. The average Bonchev–Trinajstić information content (AvgIpc) is 3.49. The van der Waals surface area contributed by atoms with Crippen LogP contribution in [0, 0.1) is 6.92 Å². The van der Waals surface area contributed by atoms with Crippen LogP contribution in [0.3, 0.4) is 0 Å². The zero-order valence-corrected chi connectivity index (χ0v) is 25.8. The zero-order chi connectivity index (χ0) is 35.8. The highest BCUT2D eigenvalue weighted by atomic mass is 32.2. The summed E-state index contributed by atoms with van der Waals surface area (Å²) >= 11 is 0. The number of aliphatic hydroxyl groups excluding tert-OH is 6. The summed E-state index contributed by atoms with van der Waals surface area (Å²) in [6.07, 6.45) is -7.10. The van der Waals surface area contributed by atoms with Crippen LogP contribution in [0.5, 0.6) is 5.75 Å². The van der Waals surface area contributed by atoms with Crippen LogP contribution in [0.1, 0.15) is 15.9 Å². The van der Waals surface area contributed by atoms with Crippen molar-refractivity contribution >= 4 is 50.2 Å². The second kappa shape index (κ2) is 13.4. The Bertz CT molecular complexity index is 2070. The molecule has 7 N–H and O–H groups in total. The van der Waals surface area contributed by atoms with Gasteiger partial charge in [0.1, 0.15) is 30.1 Å². The summed E-state index contributed by atoms with van der Waals surface area (Å²) < 4.78 is 45.2. The van der Waals surface area contributed by atoms with E-state index >= 15 is 0 Å². The number of esters is 3. The van der Waals surface area contributed by atoms with Gasteiger partial charge < -0.3 is 50.0 Å². The number of benzene rings is 3. The van der Waals surface area contributed by atoms with Crippen molar-refractivity contribution in [1.29, 1.82) is 0 Å². The van der Waals surface area contributed by atoms with Crippen LogP contribution in [0.2, 0.25) is 0 Å². The van der Waals surface area contributed by atoms with Crippen molar-refractivity contribution < 1.29 is 76.9 Å². The minimum absolute atomic E-state index is 0.0645. The normalized spacial score (nSPS) is 19.4. The summed E-state index contributed by atoms with van der Waals surface area (Å²) in [6.45, 7) is -0.376. The van der Waals surface area contributed by atoms with Gasteiger partial charge in [-0.15, -0.1) is 5.11 Å². The van der Waals surface area contributed by atoms with Crippen molar-refractivity contribution in [2.45, 2.75) is 36.2 Å². The average molecular weight is 703 g/mol. The van der Waals surface area contributed by atoms with Crippen molar-refractivity contribution in [2.75, 3.05) is 13.2 Å². The molecule has 0 saturated heterocycles. The molecule has 0 saturated carbocycles. The van der Waals surface area contributed by atoms with E-state index in [2.05, 4.69) is 19.7 Å². The highest BCUT2D eigenvalue weighted by molar-refractivity contribution is 7.86. The van der Waals surface area contributed by atoms with Crippen LogP contribution in [-0.2, 0) is 38.1 Å². The third-order valence-electron chi connectivity index (χ3n) is 7.28. The lowest BCUT2D eigenvalue weighted by Gasteiger charge is -2.17. The van der Waals surface area contributed by atoms with E-state index in [1.165, 1.54) is 25.1 Å². The minimum Gasteiger partial charge on any atom is -0.505 e. The van der Waals surface area contributed by atoms with Crippen molar-refractivity contribution in [1.82, 2.24) is 0 Å². The first-order chi connectivity index (χ1) is 23.1. The monoisotopic (exact) mass is 702 g/mol. The van der Waals surface area contributed by atoms with Crippen LogP contribution < -0.4 is 0 Å². The van der Waals surface area contributed by atoms with Gasteiger partial charge in [0.05, 0.1) is 17.2 Å². The van der Waals surface area contributed by atoms with Crippen molar-refractivity contribution in [2.24, 2.45) is 10.2 Å². The van der Waals surface area contributed by atoms with Gasteiger partial charge in [0.2, 0.25) is 11.5 Å². The molecule has 0 aliphatic carbocycles. The van der Waals surface area contributed by atoms with E-state index < -0.39 is 105 Å². The molecule has 2 heterocycles. The maximum Gasteiger partial charge on any atom is 0.377 e. The highest BCUT2D eigenvalue weighted by Crippen LogP contribution is 2.40. The summed E-state index contributed by atoms with van der Waals surface area (Å²) in [5.41, 5.74) is -0.530. The molecule has 0 fully saturated rings. The topological polar surface area (TPSA) is 289 Å². The molecule has 49 heavy (non-hydrogen) atoms. The van der Waals surface area contributed by atoms with Gasteiger partial charge in [-0.2, -0.15) is 13.5 Å². The molecule has 4 unspecified atom stereocenters. The van der Waals surface area contributed by atoms with Crippen LogP contribution in [0.25, 0.3) is 10.8 Å². The fraction of sp³-hybridized carbons (Fsp3) is 0.233. The Kier molecular flexibility index (Phi) is 9.45. The van der Waals surface area contributed by atoms with Gasteiger partial charge in [0.25, 0.3) is 10.1 Å². The van der Waals surface area contributed by atoms with Gasteiger partial charge >= 0.3 is 17.9 Å². The van der Waals surface area contributed by atoms with E-state index in [1.54, 1.807) is 24.3 Å². The number of hydrogen-bond acceptors (Lipinski definition) is 18. The first kappa shape index (κ1) is 34.6. The first-order valence-corrected chi connectivity index (χ1v) is 15.4. The highest BCUT2D eigenvalue weighted by Gasteiger charge is 2.41. The number of aromatic hydroxyl groups is 1. The number of phenolic OH excluding ortho intramolecular Hbond substituents is 1. The number of rotatable bonds is 11. The molecule has 5 rings (SSSR count). The zero-order valence-electron chi connectivity index (χ0n) is 24.9. The molecule has 258 valence electrons. The molecule has 0 radical (unpaired) electrons. The second-order valence-electron chi connectivity index (χ2n) is 10.6. The Morgan fingerprint density at radius 3 is 2.04 bits per heavy atom. The smallest absolute Gasteiger partial charge is 0.377 e. The molecule has 19 heteroatoms. The fourth-order valence-corrected chi connectivity index (χ4v) is 5.87. The van der Waals surface area contributed by atoms with Crippen LogP contribution in [-0.4, -0.2) is 99.7 Å². The van der Waals surface area contributed by atoms with E-state index in [1.807, 2.05) is 0 Å². The number of carbonyl (C=O) groups is 3. The maximum atomic E-state index is 13.0. The predicted octanol–water partition coefficient (Wildman–Crippen LogP) is 2.36. The number of hydrogen-bond donors (Lipinski definition) is 7. The molecule has 4 atom stereocenters. The number of fused-ring (bicyclic) bond motifs is 1. The van der Waals surface area contributed by atoms with E-state index in [0.29, 0.717) is 10.8 Å². The number of carbonyl (C=O) groups excluding carboxylic acids is 3. The van der Waals surface area contributed by atoms with Crippen LogP contribution in [0.15, 0.2) is 86.7 Å². The first-order valence-electron chi connectivity index (χ1n) is 14.0. The number of nitrogens with zero attached hydrogens (tertiary/aromatic N) is 2. The fourth-order valence-electron chi connectivity index (χ4n) is 4.69. The molecule has 3 aromatic carbocycles. The van der Waals surface area contributed by atoms with Crippen molar-refractivity contribution in [3.8, 4) is 5.75 Å². The van der Waals surface area contributed by atoms with E-state index in [-0.39, 0.29) is 16.9 Å². The molecule has 0 spiro atoms. The number of cyclic esters (lactones) is 2. The Balaban J connectivity index is 1.36. The molecule has 18 nitrogen and oxygen atoms in total. The number of azo groups is 1. The van der Waals surface area contributed by atoms with E-state index in [0.717, 1.165) is 6.07 Å². The summed E-state index contributed by atoms with van der Waals surface area (Å²) in [7, 11) is -4.61. The van der Waals surface area contributed by atoms with Crippen molar-refractivity contribution in [3.63, 3.8) is 0 Å². The lowest BCUT2D eigenvalue weighted by atomic mass is 10.0. The van der Waals surface area contributed by atoms with Gasteiger partial charge in [0, 0.05) is 5.39 Å². The third-order valence-corrected chi connectivity index (χ3v) is 8.70. The lowest BCUT2D eigenvalue weighted by Crippen LogP contribution is -2.33. The van der Waals surface area contributed by atoms with Gasteiger partial charge in [-0.25, -0.2) is 14.4 Å². The number of phenols is 1. The predicted molar refractivity (Wildman–Crippen MR) is 161 cm³/mol. The summed E-state index contributed by atoms with van der Waals surface area (Å²) in [5.74, 6) is -8.63. The third kappa shape index (κ3) is 6.81. The SMILES string of the molecule is Cc1ccc(/N=N/c2c(O)c(C(=O)OCC(O)C3OC(=O)C(O)=C3O)cc3ccccc23)cc1S(=O)(=O)OCC(O)C1OC(=O)C(O)=C1O. The van der Waals surface area contributed by atoms with Crippen molar-refractivity contribution in [3.05, 3.63) is 82.7 Å². The van der Waals surface area contributed by atoms with Gasteiger partial charge in [-0.3, -0.25) is 4.18 Å².